The Balaban J connectivity index is 1.45. The van der Waals surface area contributed by atoms with Crippen molar-refractivity contribution in [3.05, 3.63) is 30.2 Å². The van der Waals surface area contributed by atoms with Crippen molar-refractivity contribution in [2.24, 2.45) is 0 Å². The first-order valence-electron chi connectivity index (χ1n) is 7.87. The van der Waals surface area contributed by atoms with E-state index in [0.717, 1.165) is 24.5 Å². The molecule has 2 unspecified atom stereocenters. The van der Waals surface area contributed by atoms with Crippen LogP contribution in [-0.4, -0.2) is 35.2 Å². The number of furan rings is 1. The highest BCUT2D eigenvalue weighted by Crippen LogP contribution is 2.27. The summed E-state index contributed by atoms with van der Waals surface area (Å²) in [4.78, 5) is 2.55. The molecule has 4 heterocycles. The number of nitrogens with zero attached hydrogens (tertiary/aromatic N) is 2. The Labute approximate surface area is 124 Å². The van der Waals surface area contributed by atoms with Crippen LogP contribution >= 0.6 is 0 Å². The highest BCUT2D eigenvalue weighted by molar-refractivity contribution is 5.49. The second-order valence-corrected chi connectivity index (χ2v) is 6.04. The zero-order valence-corrected chi connectivity index (χ0v) is 12.1. The molecule has 0 spiro atoms. The van der Waals surface area contributed by atoms with Gasteiger partial charge < -0.3 is 14.3 Å². The van der Waals surface area contributed by atoms with Crippen molar-refractivity contribution in [2.45, 2.75) is 44.3 Å². The summed E-state index contributed by atoms with van der Waals surface area (Å²) >= 11 is 0. The van der Waals surface area contributed by atoms with Crippen molar-refractivity contribution >= 4 is 0 Å². The Hall–Kier alpha value is -1.59. The molecule has 2 aromatic heterocycles. The summed E-state index contributed by atoms with van der Waals surface area (Å²) in [6, 6.07) is 7.06. The van der Waals surface area contributed by atoms with E-state index in [1.54, 1.807) is 6.26 Å². The lowest BCUT2D eigenvalue weighted by Crippen LogP contribution is -2.43. The van der Waals surface area contributed by atoms with Crippen LogP contribution in [0.25, 0.3) is 11.5 Å². The average Bonchev–Trinajstić information content (AvgIpc) is 3.28. The van der Waals surface area contributed by atoms with Crippen LogP contribution in [-0.2, 0) is 6.54 Å². The predicted molar refractivity (Wildman–Crippen MR) is 78.7 cm³/mol. The van der Waals surface area contributed by atoms with Crippen molar-refractivity contribution in [1.29, 1.82) is 0 Å². The SMILES string of the molecule is c1coc(-c2cc(CN3CCCC3C3CCCN3)no2)c1. The molecule has 0 amide bonds. The van der Waals surface area contributed by atoms with Crippen LogP contribution < -0.4 is 5.32 Å². The number of hydrogen-bond acceptors (Lipinski definition) is 5. The molecule has 0 bridgehead atoms. The third kappa shape index (κ3) is 2.63. The lowest BCUT2D eigenvalue weighted by Gasteiger charge is -2.28. The van der Waals surface area contributed by atoms with Crippen molar-refractivity contribution < 1.29 is 8.94 Å². The van der Waals surface area contributed by atoms with Gasteiger partial charge >= 0.3 is 0 Å². The van der Waals surface area contributed by atoms with E-state index in [9.17, 15) is 0 Å². The largest absolute Gasteiger partial charge is 0.461 e. The Kier molecular flexibility index (Phi) is 3.53. The highest BCUT2D eigenvalue weighted by Gasteiger charge is 2.33. The Morgan fingerprint density at radius 3 is 3.10 bits per heavy atom. The molecular formula is C16H21N3O2. The van der Waals surface area contributed by atoms with Gasteiger partial charge in [0.15, 0.2) is 5.76 Å². The maximum absolute atomic E-state index is 5.39. The van der Waals surface area contributed by atoms with Gasteiger partial charge in [-0.25, -0.2) is 0 Å². The van der Waals surface area contributed by atoms with E-state index < -0.39 is 0 Å². The van der Waals surface area contributed by atoms with Crippen LogP contribution in [0, 0.1) is 0 Å². The number of likely N-dealkylation sites (tertiary alicyclic amines) is 1. The standard InChI is InChI=1S/C16H21N3O2/c1-4-13(17-7-1)14-5-2-8-19(14)11-12-10-16(21-18-12)15-6-3-9-20-15/h3,6,9-10,13-14,17H,1-2,4-5,7-8,11H2. The van der Waals surface area contributed by atoms with Crippen molar-refractivity contribution in [3.63, 3.8) is 0 Å². The highest BCUT2D eigenvalue weighted by atomic mass is 16.5. The maximum atomic E-state index is 5.39. The summed E-state index contributed by atoms with van der Waals surface area (Å²) in [5, 5.41) is 7.84. The van der Waals surface area contributed by atoms with Crippen LogP contribution in [0.5, 0.6) is 0 Å². The lowest BCUT2D eigenvalue weighted by molar-refractivity contribution is 0.201. The second kappa shape index (κ2) is 5.66. The summed E-state index contributed by atoms with van der Waals surface area (Å²) in [6.07, 6.45) is 6.84. The molecule has 0 aliphatic carbocycles. The molecule has 4 rings (SSSR count). The molecule has 2 atom stereocenters. The van der Waals surface area contributed by atoms with E-state index in [0.29, 0.717) is 17.8 Å². The minimum atomic E-state index is 0.649. The maximum Gasteiger partial charge on any atom is 0.202 e. The summed E-state index contributed by atoms with van der Waals surface area (Å²) in [5.74, 6) is 1.45. The van der Waals surface area contributed by atoms with Gasteiger partial charge in [0.1, 0.15) is 0 Å². The molecule has 2 aliphatic heterocycles. The van der Waals surface area contributed by atoms with Crippen LogP contribution in [0.2, 0.25) is 0 Å². The third-order valence-electron chi connectivity index (χ3n) is 4.67. The van der Waals surface area contributed by atoms with Gasteiger partial charge in [-0.05, 0) is 50.9 Å². The van der Waals surface area contributed by atoms with Gasteiger partial charge in [0.2, 0.25) is 5.76 Å². The monoisotopic (exact) mass is 287 g/mol. The van der Waals surface area contributed by atoms with Crippen molar-refractivity contribution in [1.82, 2.24) is 15.4 Å². The van der Waals surface area contributed by atoms with E-state index in [2.05, 4.69) is 15.4 Å². The Morgan fingerprint density at radius 1 is 1.29 bits per heavy atom. The molecule has 0 saturated carbocycles. The van der Waals surface area contributed by atoms with Crippen LogP contribution in [0.1, 0.15) is 31.4 Å². The Bertz CT molecular complexity index is 572. The normalized spacial score (nSPS) is 26.7. The summed E-state index contributed by atoms with van der Waals surface area (Å²) in [7, 11) is 0. The molecule has 2 aromatic rings. The first kappa shape index (κ1) is 13.1. The van der Waals surface area contributed by atoms with Crippen LogP contribution in [0.4, 0.5) is 0 Å². The number of rotatable bonds is 4. The van der Waals surface area contributed by atoms with E-state index in [-0.39, 0.29) is 0 Å². The smallest absolute Gasteiger partial charge is 0.202 e. The van der Waals surface area contributed by atoms with Gasteiger partial charge in [0, 0.05) is 24.7 Å². The van der Waals surface area contributed by atoms with Gasteiger partial charge in [-0.3, -0.25) is 4.90 Å². The molecule has 5 heteroatoms. The summed E-state index contributed by atoms with van der Waals surface area (Å²) in [6.45, 7) is 3.19. The molecule has 1 N–H and O–H groups in total. The van der Waals surface area contributed by atoms with Gasteiger partial charge in [-0.2, -0.15) is 0 Å². The first-order valence-corrected chi connectivity index (χ1v) is 7.87. The third-order valence-corrected chi connectivity index (χ3v) is 4.67. The fourth-order valence-electron chi connectivity index (χ4n) is 3.67. The molecule has 0 radical (unpaired) electrons. The van der Waals surface area contributed by atoms with Crippen molar-refractivity contribution in [3.8, 4) is 11.5 Å². The summed E-state index contributed by atoms with van der Waals surface area (Å²) < 4.78 is 10.7. The zero-order chi connectivity index (χ0) is 14.1. The topological polar surface area (TPSA) is 54.4 Å². The van der Waals surface area contributed by atoms with E-state index in [1.165, 1.54) is 32.2 Å². The molecule has 2 saturated heterocycles. The molecule has 112 valence electrons. The van der Waals surface area contributed by atoms with Crippen LogP contribution in [0.15, 0.2) is 33.4 Å². The molecule has 0 aromatic carbocycles. The zero-order valence-electron chi connectivity index (χ0n) is 12.1. The molecular weight excluding hydrogens is 266 g/mol. The lowest BCUT2D eigenvalue weighted by atomic mass is 10.0. The quantitative estimate of drug-likeness (QED) is 0.937. The number of hydrogen-bond donors (Lipinski definition) is 1. The molecule has 21 heavy (non-hydrogen) atoms. The van der Waals surface area contributed by atoms with Gasteiger partial charge in [0.25, 0.3) is 0 Å². The van der Waals surface area contributed by atoms with Crippen molar-refractivity contribution in [2.75, 3.05) is 13.1 Å². The van der Waals surface area contributed by atoms with Gasteiger partial charge in [-0.1, -0.05) is 5.16 Å². The minimum absolute atomic E-state index is 0.649. The molecule has 5 nitrogen and oxygen atoms in total. The minimum Gasteiger partial charge on any atom is -0.461 e. The molecule has 2 fully saturated rings. The number of nitrogens with one attached hydrogen (secondary N) is 1. The van der Waals surface area contributed by atoms with E-state index >= 15 is 0 Å². The summed E-state index contributed by atoms with van der Waals surface area (Å²) in [5.41, 5.74) is 0.992. The van der Waals surface area contributed by atoms with Crippen LogP contribution in [0.3, 0.4) is 0 Å². The predicted octanol–water partition coefficient (Wildman–Crippen LogP) is 2.65. The van der Waals surface area contributed by atoms with Gasteiger partial charge in [-0.15, -0.1) is 0 Å². The van der Waals surface area contributed by atoms with E-state index in [4.69, 9.17) is 8.94 Å². The first-order chi connectivity index (χ1) is 10.4. The van der Waals surface area contributed by atoms with Gasteiger partial charge in [0.05, 0.1) is 12.0 Å². The average molecular weight is 287 g/mol. The molecule has 2 aliphatic rings. The second-order valence-electron chi connectivity index (χ2n) is 6.04. The fourth-order valence-corrected chi connectivity index (χ4v) is 3.67. The van der Waals surface area contributed by atoms with E-state index in [1.807, 2.05) is 18.2 Å². The Morgan fingerprint density at radius 2 is 2.29 bits per heavy atom. The number of aromatic nitrogens is 1. The fraction of sp³-hybridized carbons (Fsp3) is 0.562.